The molecule has 1 aromatic carbocycles. The number of aromatic nitrogens is 4. The third-order valence-electron chi connectivity index (χ3n) is 5.95. The lowest BCUT2D eigenvalue weighted by atomic mass is 9.89. The quantitative estimate of drug-likeness (QED) is 0.496. The van der Waals surface area contributed by atoms with Crippen LogP contribution in [0.5, 0.6) is 0 Å². The predicted molar refractivity (Wildman–Crippen MR) is 119 cm³/mol. The summed E-state index contributed by atoms with van der Waals surface area (Å²) in [5.41, 5.74) is 2.54. The normalized spacial score (nSPS) is 14.5. The van der Waals surface area contributed by atoms with Crippen molar-refractivity contribution < 1.29 is 14.1 Å². The van der Waals surface area contributed by atoms with E-state index in [1.54, 1.807) is 16.7 Å². The third kappa shape index (κ3) is 4.02. The SMILES string of the molecule is Cc1nc2ncccn2c1C(=O)N1CCC(c2ccc(NC(=O)c3cc(=O)[nH]o3)cc2)CC1. The summed E-state index contributed by atoms with van der Waals surface area (Å²) < 4.78 is 6.56. The van der Waals surface area contributed by atoms with Gasteiger partial charge in [-0.05, 0) is 49.4 Å². The maximum Gasteiger partial charge on any atom is 0.294 e. The monoisotopic (exact) mass is 446 g/mol. The average Bonchev–Trinajstić information content (AvgIpc) is 3.41. The second kappa shape index (κ2) is 8.38. The van der Waals surface area contributed by atoms with Gasteiger partial charge < -0.3 is 14.7 Å². The summed E-state index contributed by atoms with van der Waals surface area (Å²) in [6.45, 7) is 3.14. The number of nitrogens with one attached hydrogen (secondary N) is 2. The minimum Gasteiger partial charge on any atom is -0.373 e. The molecule has 0 unspecified atom stereocenters. The Bertz CT molecular complexity index is 1380. The minimum atomic E-state index is -0.495. The molecule has 0 aliphatic carbocycles. The van der Waals surface area contributed by atoms with E-state index in [9.17, 15) is 14.4 Å². The number of carbonyl (C=O) groups is 2. The summed E-state index contributed by atoms with van der Waals surface area (Å²) in [5, 5.41) is 4.79. The van der Waals surface area contributed by atoms with E-state index in [0.717, 1.165) is 24.5 Å². The second-order valence-electron chi connectivity index (χ2n) is 8.06. The number of fused-ring (bicyclic) bond motifs is 1. The molecule has 2 amide bonds. The van der Waals surface area contributed by atoms with Gasteiger partial charge in [0.15, 0.2) is 0 Å². The van der Waals surface area contributed by atoms with Crippen LogP contribution >= 0.6 is 0 Å². The van der Waals surface area contributed by atoms with Gasteiger partial charge in [-0.1, -0.05) is 12.1 Å². The van der Waals surface area contributed by atoms with Gasteiger partial charge >= 0.3 is 0 Å². The molecule has 0 saturated carbocycles. The lowest BCUT2D eigenvalue weighted by molar-refractivity contribution is 0.0705. The van der Waals surface area contributed by atoms with Gasteiger partial charge in [0.2, 0.25) is 11.5 Å². The van der Waals surface area contributed by atoms with E-state index in [2.05, 4.69) is 20.4 Å². The molecule has 4 aromatic rings. The van der Waals surface area contributed by atoms with Crippen LogP contribution in [-0.4, -0.2) is 49.3 Å². The van der Waals surface area contributed by atoms with Crippen molar-refractivity contribution in [2.45, 2.75) is 25.7 Å². The highest BCUT2D eigenvalue weighted by Crippen LogP contribution is 2.30. The first kappa shape index (κ1) is 20.7. The molecule has 1 aliphatic rings. The minimum absolute atomic E-state index is 0.0269. The number of aromatic amines is 1. The van der Waals surface area contributed by atoms with Crippen molar-refractivity contribution >= 4 is 23.3 Å². The summed E-state index contributed by atoms with van der Waals surface area (Å²) in [6, 6.07) is 10.5. The Morgan fingerprint density at radius 2 is 1.94 bits per heavy atom. The first-order valence-electron chi connectivity index (χ1n) is 10.7. The van der Waals surface area contributed by atoms with Crippen LogP contribution in [0.3, 0.4) is 0 Å². The molecule has 5 rings (SSSR count). The molecular formula is C23H22N6O4. The van der Waals surface area contributed by atoms with E-state index < -0.39 is 11.5 Å². The smallest absolute Gasteiger partial charge is 0.294 e. The number of carbonyl (C=O) groups excluding carboxylic acids is 2. The van der Waals surface area contributed by atoms with Crippen LogP contribution in [0.25, 0.3) is 5.78 Å². The number of amides is 2. The highest BCUT2D eigenvalue weighted by Gasteiger charge is 2.28. The van der Waals surface area contributed by atoms with Crippen molar-refractivity contribution in [2.24, 2.45) is 0 Å². The van der Waals surface area contributed by atoms with Gasteiger partial charge in [0.1, 0.15) is 5.69 Å². The van der Waals surface area contributed by atoms with Gasteiger partial charge in [-0.2, -0.15) is 5.16 Å². The molecule has 1 saturated heterocycles. The molecule has 0 spiro atoms. The highest BCUT2D eigenvalue weighted by atomic mass is 16.5. The largest absolute Gasteiger partial charge is 0.373 e. The number of rotatable bonds is 4. The van der Waals surface area contributed by atoms with Crippen LogP contribution < -0.4 is 10.9 Å². The fourth-order valence-electron chi connectivity index (χ4n) is 4.25. The summed E-state index contributed by atoms with van der Waals surface area (Å²) in [6.07, 6.45) is 5.17. The zero-order valence-electron chi connectivity index (χ0n) is 17.9. The Morgan fingerprint density at radius 3 is 2.64 bits per heavy atom. The Hall–Kier alpha value is -4.21. The number of anilines is 1. The van der Waals surface area contributed by atoms with Gasteiger partial charge in [-0.3, -0.25) is 18.8 Å². The zero-order chi connectivity index (χ0) is 22.9. The van der Waals surface area contributed by atoms with E-state index in [1.165, 1.54) is 0 Å². The second-order valence-corrected chi connectivity index (χ2v) is 8.06. The standard InChI is InChI=1S/C23H22N6O4/c1-14-20(29-10-2-9-24-23(29)25-14)22(32)28-11-7-16(8-12-28)15-3-5-17(6-4-15)26-21(31)18-13-19(30)27-33-18/h2-6,9-10,13,16H,7-8,11-12H2,1H3,(H,26,31)(H,27,30). The number of piperidine rings is 1. The molecule has 3 aromatic heterocycles. The molecule has 33 heavy (non-hydrogen) atoms. The van der Waals surface area contributed by atoms with E-state index >= 15 is 0 Å². The van der Waals surface area contributed by atoms with Gasteiger partial charge in [-0.15, -0.1) is 0 Å². The number of hydrogen-bond donors (Lipinski definition) is 2. The van der Waals surface area contributed by atoms with Crippen molar-refractivity contribution in [3.8, 4) is 0 Å². The maximum atomic E-state index is 13.2. The number of hydrogen-bond acceptors (Lipinski definition) is 6. The lowest BCUT2D eigenvalue weighted by Crippen LogP contribution is -2.38. The van der Waals surface area contributed by atoms with E-state index in [-0.39, 0.29) is 11.7 Å². The first-order valence-corrected chi connectivity index (χ1v) is 10.7. The molecule has 10 nitrogen and oxygen atoms in total. The number of likely N-dealkylation sites (tertiary alicyclic amines) is 1. The number of aryl methyl sites for hydroxylation is 1. The summed E-state index contributed by atoms with van der Waals surface area (Å²) in [4.78, 5) is 46.9. The Morgan fingerprint density at radius 1 is 1.18 bits per heavy atom. The van der Waals surface area contributed by atoms with Gasteiger partial charge in [-0.25, -0.2) is 9.97 Å². The molecule has 0 atom stereocenters. The van der Waals surface area contributed by atoms with Crippen molar-refractivity contribution in [2.75, 3.05) is 18.4 Å². The number of nitrogens with zero attached hydrogens (tertiary/aromatic N) is 4. The van der Waals surface area contributed by atoms with Crippen LogP contribution in [-0.2, 0) is 0 Å². The predicted octanol–water partition coefficient (Wildman–Crippen LogP) is 2.59. The Labute approximate surface area is 188 Å². The summed E-state index contributed by atoms with van der Waals surface area (Å²) in [5.74, 6) is 0.260. The van der Waals surface area contributed by atoms with Crippen molar-refractivity contribution in [1.29, 1.82) is 0 Å². The van der Waals surface area contributed by atoms with E-state index in [4.69, 9.17) is 4.52 Å². The average molecular weight is 446 g/mol. The molecule has 1 fully saturated rings. The highest BCUT2D eigenvalue weighted by molar-refractivity contribution is 6.02. The van der Waals surface area contributed by atoms with Crippen molar-refractivity contribution in [3.63, 3.8) is 0 Å². The van der Waals surface area contributed by atoms with Crippen LogP contribution in [0.1, 0.15) is 51.1 Å². The fourth-order valence-corrected chi connectivity index (χ4v) is 4.25. The van der Waals surface area contributed by atoms with Gasteiger partial charge in [0, 0.05) is 31.2 Å². The van der Waals surface area contributed by atoms with E-state index in [0.29, 0.717) is 41.9 Å². The van der Waals surface area contributed by atoms with E-state index in [1.807, 2.05) is 42.3 Å². The number of benzene rings is 1. The summed E-state index contributed by atoms with van der Waals surface area (Å²) >= 11 is 0. The third-order valence-corrected chi connectivity index (χ3v) is 5.95. The van der Waals surface area contributed by atoms with Crippen molar-refractivity contribution in [3.05, 3.63) is 81.9 Å². The molecule has 4 heterocycles. The Kier molecular flexibility index (Phi) is 5.25. The molecular weight excluding hydrogens is 424 g/mol. The topological polar surface area (TPSA) is 126 Å². The number of H-pyrrole nitrogens is 1. The molecule has 168 valence electrons. The Balaban J connectivity index is 1.22. The van der Waals surface area contributed by atoms with Crippen LogP contribution in [0.2, 0.25) is 0 Å². The van der Waals surface area contributed by atoms with Crippen LogP contribution in [0.4, 0.5) is 5.69 Å². The summed E-state index contributed by atoms with van der Waals surface area (Å²) in [7, 11) is 0. The molecule has 0 bridgehead atoms. The van der Waals surface area contributed by atoms with Crippen molar-refractivity contribution in [1.82, 2.24) is 24.4 Å². The number of imidazole rings is 1. The zero-order valence-corrected chi connectivity index (χ0v) is 17.9. The lowest BCUT2D eigenvalue weighted by Gasteiger charge is -2.32. The maximum absolute atomic E-state index is 13.2. The molecule has 10 heteroatoms. The molecule has 1 aliphatic heterocycles. The first-order chi connectivity index (χ1) is 16.0. The van der Waals surface area contributed by atoms with Crippen LogP contribution in [0.15, 0.2) is 58.1 Å². The molecule has 2 N–H and O–H groups in total. The molecule has 0 radical (unpaired) electrons. The van der Waals surface area contributed by atoms with Gasteiger partial charge in [0.25, 0.3) is 17.4 Å². The van der Waals surface area contributed by atoms with Gasteiger partial charge in [0.05, 0.1) is 11.8 Å². The fraction of sp³-hybridized carbons (Fsp3) is 0.261. The van der Waals surface area contributed by atoms with Crippen LogP contribution in [0, 0.1) is 6.92 Å².